The van der Waals surface area contributed by atoms with Gasteiger partial charge in [0.25, 0.3) is 0 Å². The van der Waals surface area contributed by atoms with Crippen molar-refractivity contribution in [1.29, 1.82) is 0 Å². The third kappa shape index (κ3) is 1.59. The van der Waals surface area contributed by atoms with Crippen LogP contribution in [0.15, 0.2) is 0 Å². The molecular formula is C10H18N2O2. The van der Waals surface area contributed by atoms with Gasteiger partial charge in [-0.25, -0.2) is 4.79 Å². The Balaban J connectivity index is 1.94. The fraction of sp³-hybridized carbons (Fsp3) is 0.900. The van der Waals surface area contributed by atoms with Crippen LogP contribution in [-0.4, -0.2) is 34.7 Å². The van der Waals surface area contributed by atoms with Crippen LogP contribution in [0, 0.1) is 0 Å². The van der Waals surface area contributed by atoms with E-state index in [0.29, 0.717) is 0 Å². The molecule has 2 rings (SSSR count). The summed E-state index contributed by atoms with van der Waals surface area (Å²) in [5.41, 5.74) is 5.50. The molecule has 1 heterocycles. The first-order valence-electron chi connectivity index (χ1n) is 5.10. The van der Waals surface area contributed by atoms with E-state index in [1.807, 2.05) is 20.8 Å². The van der Waals surface area contributed by atoms with Crippen molar-refractivity contribution in [1.82, 2.24) is 4.90 Å². The van der Waals surface area contributed by atoms with E-state index in [1.165, 1.54) is 0 Å². The minimum absolute atomic E-state index is 0.0864. The minimum atomic E-state index is -0.411. The Morgan fingerprint density at radius 1 is 1.57 bits per heavy atom. The molecule has 0 radical (unpaired) electrons. The highest BCUT2D eigenvalue weighted by Crippen LogP contribution is 2.46. The van der Waals surface area contributed by atoms with Crippen LogP contribution >= 0.6 is 0 Å². The molecule has 0 spiro atoms. The fourth-order valence-corrected chi connectivity index (χ4v) is 2.01. The van der Waals surface area contributed by atoms with E-state index in [4.69, 9.17) is 10.5 Å². The summed E-state index contributed by atoms with van der Waals surface area (Å²) in [5.74, 6) is 0. The summed E-state index contributed by atoms with van der Waals surface area (Å²) in [7, 11) is 0. The number of rotatable bonds is 0. The molecule has 0 aromatic heterocycles. The topological polar surface area (TPSA) is 55.6 Å². The van der Waals surface area contributed by atoms with E-state index < -0.39 is 5.60 Å². The number of ether oxygens (including phenoxy) is 1. The molecule has 0 bridgehead atoms. The normalized spacial score (nSPS) is 35.4. The minimum Gasteiger partial charge on any atom is -0.444 e. The van der Waals surface area contributed by atoms with Crippen LogP contribution in [0.5, 0.6) is 0 Å². The summed E-state index contributed by atoms with van der Waals surface area (Å²) in [6, 6.07) is 0.234. The number of likely N-dealkylation sites (tertiary alicyclic amines) is 1. The van der Waals surface area contributed by atoms with Gasteiger partial charge in [0.1, 0.15) is 5.60 Å². The van der Waals surface area contributed by atoms with Gasteiger partial charge in [0.05, 0.1) is 6.04 Å². The van der Waals surface area contributed by atoms with Crippen LogP contribution in [0.2, 0.25) is 0 Å². The van der Waals surface area contributed by atoms with Crippen LogP contribution in [0.25, 0.3) is 0 Å². The van der Waals surface area contributed by atoms with E-state index in [1.54, 1.807) is 4.90 Å². The second-order valence-electron chi connectivity index (χ2n) is 5.38. The third-order valence-corrected chi connectivity index (χ3v) is 2.90. The summed E-state index contributed by atoms with van der Waals surface area (Å²) in [6.45, 7) is 6.38. The highest BCUT2D eigenvalue weighted by atomic mass is 16.6. The lowest BCUT2D eigenvalue weighted by Crippen LogP contribution is -2.37. The van der Waals surface area contributed by atoms with Crippen molar-refractivity contribution in [2.45, 2.75) is 50.8 Å². The average Bonchev–Trinajstić information content (AvgIpc) is 2.51. The maximum absolute atomic E-state index is 11.7. The Labute approximate surface area is 84.4 Å². The summed E-state index contributed by atoms with van der Waals surface area (Å²) < 4.78 is 5.30. The molecule has 1 aliphatic carbocycles. The first-order valence-corrected chi connectivity index (χ1v) is 5.10. The molecule has 0 aromatic rings. The zero-order chi connectivity index (χ0) is 10.6. The van der Waals surface area contributed by atoms with Crippen molar-refractivity contribution < 1.29 is 9.53 Å². The largest absolute Gasteiger partial charge is 0.444 e. The molecule has 2 unspecified atom stereocenters. The summed E-state index contributed by atoms with van der Waals surface area (Å²) in [4.78, 5) is 13.5. The van der Waals surface area contributed by atoms with E-state index >= 15 is 0 Å². The lowest BCUT2D eigenvalue weighted by Gasteiger charge is -2.25. The Morgan fingerprint density at radius 3 is 2.57 bits per heavy atom. The van der Waals surface area contributed by atoms with Gasteiger partial charge in [0.15, 0.2) is 0 Å². The van der Waals surface area contributed by atoms with Crippen molar-refractivity contribution in [2.24, 2.45) is 5.73 Å². The van der Waals surface area contributed by atoms with Crippen molar-refractivity contribution in [3.05, 3.63) is 0 Å². The number of carbonyl (C=O) groups is 1. The SMILES string of the molecule is CC(C)(C)OC(=O)N1CCC2(N)CC12. The van der Waals surface area contributed by atoms with Gasteiger partial charge in [-0.2, -0.15) is 0 Å². The predicted molar refractivity (Wildman–Crippen MR) is 52.9 cm³/mol. The smallest absolute Gasteiger partial charge is 0.410 e. The van der Waals surface area contributed by atoms with Crippen molar-refractivity contribution in [3.8, 4) is 0 Å². The number of amides is 1. The number of piperidine rings is 1. The highest BCUT2D eigenvalue weighted by Gasteiger charge is 2.60. The highest BCUT2D eigenvalue weighted by molar-refractivity contribution is 5.70. The van der Waals surface area contributed by atoms with E-state index in [9.17, 15) is 4.79 Å². The van der Waals surface area contributed by atoms with Gasteiger partial charge < -0.3 is 15.4 Å². The first-order chi connectivity index (χ1) is 6.32. The number of carbonyl (C=O) groups excluding carboxylic acids is 1. The maximum atomic E-state index is 11.7. The van der Waals surface area contributed by atoms with Gasteiger partial charge in [-0.1, -0.05) is 0 Å². The lowest BCUT2D eigenvalue weighted by atomic mass is 10.2. The summed E-state index contributed by atoms with van der Waals surface area (Å²) in [6.07, 6.45) is 1.63. The number of nitrogens with zero attached hydrogens (tertiary/aromatic N) is 1. The molecule has 2 fully saturated rings. The summed E-state index contributed by atoms with van der Waals surface area (Å²) in [5, 5.41) is 0. The molecule has 1 saturated carbocycles. The second kappa shape index (κ2) is 2.63. The molecule has 2 aliphatic rings. The van der Waals surface area contributed by atoms with Crippen LogP contribution in [0.1, 0.15) is 33.6 Å². The second-order valence-corrected chi connectivity index (χ2v) is 5.38. The Bertz CT molecular complexity index is 272. The van der Waals surface area contributed by atoms with Crippen molar-refractivity contribution in [3.63, 3.8) is 0 Å². The zero-order valence-electron chi connectivity index (χ0n) is 9.04. The molecule has 14 heavy (non-hydrogen) atoms. The molecule has 1 saturated heterocycles. The van der Waals surface area contributed by atoms with Crippen LogP contribution in [0.4, 0.5) is 4.79 Å². The first kappa shape index (κ1) is 9.77. The van der Waals surface area contributed by atoms with Crippen LogP contribution in [0.3, 0.4) is 0 Å². The number of fused-ring (bicyclic) bond motifs is 1. The van der Waals surface area contributed by atoms with E-state index in [0.717, 1.165) is 19.4 Å². The number of nitrogens with two attached hydrogens (primary N) is 1. The Hall–Kier alpha value is -0.770. The monoisotopic (exact) mass is 198 g/mol. The van der Waals surface area contributed by atoms with Crippen LogP contribution < -0.4 is 5.73 Å². The number of hydrogen-bond acceptors (Lipinski definition) is 3. The standard InChI is InChI=1S/C10H18N2O2/c1-9(2,3)14-8(13)12-5-4-10(11)6-7(10)12/h7H,4-6,11H2,1-3H3. The molecule has 4 nitrogen and oxygen atoms in total. The molecule has 1 amide bonds. The van der Waals surface area contributed by atoms with Gasteiger partial charge in [-0.3, -0.25) is 0 Å². The van der Waals surface area contributed by atoms with Crippen molar-refractivity contribution >= 4 is 6.09 Å². The van der Waals surface area contributed by atoms with Gasteiger partial charge >= 0.3 is 6.09 Å². The predicted octanol–water partition coefficient (Wildman–Crippen LogP) is 1.10. The zero-order valence-corrected chi connectivity index (χ0v) is 9.04. The molecule has 1 aliphatic heterocycles. The van der Waals surface area contributed by atoms with E-state index in [2.05, 4.69) is 0 Å². The van der Waals surface area contributed by atoms with Gasteiger partial charge in [-0.15, -0.1) is 0 Å². The molecule has 4 heteroatoms. The fourth-order valence-electron chi connectivity index (χ4n) is 2.01. The quantitative estimate of drug-likeness (QED) is 0.634. The number of hydrogen-bond donors (Lipinski definition) is 1. The summed E-state index contributed by atoms with van der Waals surface area (Å²) >= 11 is 0. The Kier molecular flexibility index (Phi) is 1.83. The van der Waals surface area contributed by atoms with E-state index in [-0.39, 0.29) is 17.7 Å². The third-order valence-electron chi connectivity index (χ3n) is 2.90. The molecular weight excluding hydrogens is 180 g/mol. The molecule has 0 aromatic carbocycles. The van der Waals surface area contributed by atoms with Crippen LogP contribution in [-0.2, 0) is 4.74 Å². The lowest BCUT2D eigenvalue weighted by molar-refractivity contribution is 0.0264. The van der Waals surface area contributed by atoms with Crippen molar-refractivity contribution in [2.75, 3.05) is 6.54 Å². The Morgan fingerprint density at radius 2 is 2.21 bits per heavy atom. The van der Waals surface area contributed by atoms with Gasteiger partial charge in [0, 0.05) is 12.1 Å². The molecule has 2 N–H and O–H groups in total. The maximum Gasteiger partial charge on any atom is 0.410 e. The van der Waals surface area contributed by atoms with Gasteiger partial charge in [0.2, 0.25) is 0 Å². The molecule has 80 valence electrons. The molecule has 2 atom stereocenters. The van der Waals surface area contributed by atoms with Gasteiger partial charge in [-0.05, 0) is 33.6 Å². The average molecular weight is 198 g/mol.